The van der Waals surface area contributed by atoms with Crippen LogP contribution in [0.25, 0.3) is 0 Å². The van der Waals surface area contributed by atoms with E-state index in [2.05, 4.69) is 13.5 Å². The minimum Gasteiger partial charge on any atom is -0.390 e. The zero-order chi connectivity index (χ0) is 10.3. The minimum absolute atomic E-state index is 0.138. The van der Waals surface area contributed by atoms with Gasteiger partial charge in [-0.1, -0.05) is 25.8 Å². The van der Waals surface area contributed by atoms with E-state index in [1.165, 1.54) is 0 Å². The van der Waals surface area contributed by atoms with Gasteiger partial charge in [-0.3, -0.25) is 0 Å². The van der Waals surface area contributed by atoms with Crippen LogP contribution in [0.3, 0.4) is 0 Å². The van der Waals surface area contributed by atoms with E-state index in [1.54, 1.807) is 6.08 Å². The van der Waals surface area contributed by atoms with Crippen molar-refractivity contribution in [2.75, 3.05) is 0 Å². The van der Waals surface area contributed by atoms with Gasteiger partial charge in [-0.2, -0.15) is 0 Å². The highest BCUT2D eigenvalue weighted by atomic mass is 16.5. The zero-order valence-corrected chi connectivity index (χ0v) is 8.99. The molecule has 0 amide bonds. The Morgan fingerprint density at radius 2 is 2.08 bits per heavy atom. The lowest BCUT2D eigenvalue weighted by Gasteiger charge is -2.22. The van der Waals surface area contributed by atoms with E-state index in [-0.39, 0.29) is 12.2 Å². The molecule has 0 aliphatic heterocycles. The van der Waals surface area contributed by atoms with Crippen molar-refractivity contribution in [3.05, 3.63) is 12.7 Å². The first-order valence-corrected chi connectivity index (χ1v) is 5.07. The molecule has 0 aromatic heterocycles. The first kappa shape index (κ1) is 12.7. The van der Waals surface area contributed by atoms with Gasteiger partial charge >= 0.3 is 0 Å². The largest absolute Gasteiger partial charge is 0.390 e. The molecule has 0 aliphatic carbocycles. The van der Waals surface area contributed by atoms with Crippen molar-refractivity contribution in [1.82, 2.24) is 0 Å². The van der Waals surface area contributed by atoms with E-state index >= 15 is 0 Å². The lowest BCUT2D eigenvalue weighted by Crippen LogP contribution is -2.29. The van der Waals surface area contributed by atoms with E-state index < -0.39 is 6.10 Å². The Hall–Kier alpha value is -0.340. The number of aliphatic hydroxyl groups excluding tert-OH is 1. The lowest BCUT2D eigenvalue weighted by molar-refractivity contribution is -0.0420. The van der Waals surface area contributed by atoms with Gasteiger partial charge < -0.3 is 9.84 Å². The highest BCUT2D eigenvalue weighted by molar-refractivity contribution is 4.86. The molecule has 2 atom stereocenters. The molecule has 0 aromatic rings. The van der Waals surface area contributed by atoms with Crippen LogP contribution in [0.5, 0.6) is 0 Å². The smallest absolute Gasteiger partial charge is 0.102 e. The lowest BCUT2D eigenvalue weighted by atomic mass is 10.1. The van der Waals surface area contributed by atoms with E-state index in [0.717, 1.165) is 19.3 Å². The molecule has 0 heterocycles. The van der Waals surface area contributed by atoms with Crippen molar-refractivity contribution in [2.45, 2.75) is 58.3 Å². The summed E-state index contributed by atoms with van der Waals surface area (Å²) in [4.78, 5) is 0. The van der Waals surface area contributed by atoms with Crippen molar-refractivity contribution < 1.29 is 9.84 Å². The second kappa shape index (κ2) is 7.10. The fraction of sp³-hybridized carbons (Fsp3) is 0.818. The van der Waals surface area contributed by atoms with Gasteiger partial charge in [0.2, 0.25) is 0 Å². The Morgan fingerprint density at radius 1 is 1.46 bits per heavy atom. The van der Waals surface area contributed by atoms with Gasteiger partial charge in [-0.05, 0) is 20.3 Å². The molecule has 0 aliphatic rings. The van der Waals surface area contributed by atoms with Crippen LogP contribution in [0, 0.1) is 0 Å². The molecule has 0 saturated heterocycles. The molecular weight excluding hydrogens is 164 g/mol. The van der Waals surface area contributed by atoms with Gasteiger partial charge in [0.1, 0.15) is 6.10 Å². The topological polar surface area (TPSA) is 29.5 Å². The van der Waals surface area contributed by atoms with E-state index in [0.29, 0.717) is 0 Å². The molecule has 78 valence electrons. The number of aliphatic hydroxyl groups is 1. The van der Waals surface area contributed by atoms with Crippen LogP contribution in [-0.4, -0.2) is 23.4 Å². The fourth-order valence-corrected chi connectivity index (χ4v) is 1.20. The summed E-state index contributed by atoms with van der Waals surface area (Å²) in [5.74, 6) is 0. The van der Waals surface area contributed by atoms with E-state index in [1.807, 2.05) is 13.8 Å². The molecule has 2 heteroatoms. The maximum atomic E-state index is 9.69. The first-order valence-electron chi connectivity index (χ1n) is 5.07. The van der Waals surface area contributed by atoms with Gasteiger partial charge in [0.15, 0.2) is 0 Å². The van der Waals surface area contributed by atoms with Crippen molar-refractivity contribution in [2.24, 2.45) is 0 Å². The molecule has 0 rings (SSSR count). The molecule has 0 spiro atoms. The molecule has 0 radical (unpaired) electrons. The molecule has 0 saturated carbocycles. The molecule has 0 bridgehead atoms. The maximum absolute atomic E-state index is 9.69. The van der Waals surface area contributed by atoms with Crippen LogP contribution in [0.1, 0.15) is 40.0 Å². The Kier molecular flexibility index (Phi) is 6.92. The number of hydrogen-bond donors (Lipinski definition) is 1. The van der Waals surface area contributed by atoms with Crippen molar-refractivity contribution in [1.29, 1.82) is 0 Å². The van der Waals surface area contributed by atoms with Gasteiger partial charge in [0.25, 0.3) is 0 Å². The van der Waals surface area contributed by atoms with E-state index in [9.17, 15) is 5.11 Å². The number of hydrogen-bond acceptors (Lipinski definition) is 2. The molecular formula is C11H22O2. The van der Waals surface area contributed by atoms with Gasteiger partial charge in [0.05, 0.1) is 12.2 Å². The van der Waals surface area contributed by atoms with Crippen molar-refractivity contribution in [3.8, 4) is 0 Å². The number of ether oxygens (including phenoxy) is 1. The van der Waals surface area contributed by atoms with Crippen LogP contribution in [-0.2, 0) is 4.74 Å². The molecule has 2 unspecified atom stereocenters. The highest BCUT2D eigenvalue weighted by Crippen LogP contribution is 2.10. The summed E-state index contributed by atoms with van der Waals surface area (Å²) in [6.07, 6.45) is 4.13. The SMILES string of the molecule is C=CC(OC(C)C)C(O)CCCC. The van der Waals surface area contributed by atoms with Crippen LogP contribution in [0.15, 0.2) is 12.7 Å². The normalized spacial score (nSPS) is 15.8. The van der Waals surface area contributed by atoms with Crippen LogP contribution in [0.2, 0.25) is 0 Å². The molecule has 1 N–H and O–H groups in total. The Bertz CT molecular complexity index is 132. The Labute approximate surface area is 81.6 Å². The summed E-state index contributed by atoms with van der Waals surface area (Å²) >= 11 is 0. The summed E-state index contributed by atoms with van der Waals surface area (Å²) in [5.41, 5.74) is 0. The van der Waals surface area contributed by atoms with Gasteiger partial charge in [0, 0.05) is 0 Å². The summed E-state index contributed by atoms with van der Waals surface area (Å²) in [6.45, 7) is 9.69. The Balaban J connectivity index is 3.84. The fourth-order valence-electron chi connectivity index (χ4n) is 1.20. The van der Waals surface area contributed by atoms with Crippen molar-refractivity contribution in [3.63, 3.8) is 0 Å². The third-order valence-electron chi connectivity index (χ3n) is 1.89. The monoisotopic (exact) mass is 186 g/mol. The van der Waals surface area contributed by atoms with Gasteiger partial charge in [-0.25, -0.2) is 0 Å². The van der Waals surface area contributed by atoms with E-state index in [4.69, 9.17) is 4.74 Å². The quantitative estimate of drug-likeness (QED) is 0.619. The first-order chi connectivity index (χ1) is 6.11. The third kappa shape index (κ3) is 5.83. The zero-order valence-electron chi connectivity index (χ0n) is 8.99. The third-order valence-corrected chi connectivity index (χ3v) is 1.89. The average molecular weight is 186 g/mol. The molecule has 13 heavy (non-hydrogen) atoms. The predicted molar refractivity (Wildman–Crippen MR) is 55.7 cm³/mol. The summed E-state index contributed by atoms with van der Waals surface area (Å²) in [7, 11) is 0. The summed E-state index contributed by atoms with van der Waals surface area (Å²) in [6, 6.07) is 0. The van der Waals surface area contributed by atoms with Gasteiger partial charge in [-0.15, -0.1) is 6.58 Å². The minimum atomic E-state index is -0.403. The summed E-state index contributed by atoms with van der Waals surface area (Å²) in [5, 5.41) is 9.69. The van der Waals surface area contributed by atoms with Crippen LogP contribution < -0.4 is 0 Å². The molecule has 0 aromatic carbocycles. The maximum Gasteiger partial charge on any atom is 0.102 e. The number of rotatable bonds is 7. The van der Waals surface area contributed by atoms with Crippen LogP contribution in [0.4, 0.5) is 0 Å². The average Bonchev–Trinajstić information content (AvgIpc) is 2.09. The van der Waals surface area contributed by atoms with Crippen LogP contribution >= 0.6 is 0 Å². The predicted octanol–water partition coefficient (Wildman–Crippen LogP) is 2.52. The van der Waals surface area contributed by atoms with Crippen molar-refractivity contribution >= 4 is 0 Å². The second-order valence-corrected chi connectivity index (χ2v) is 3.59. The highest BCUT2D eigenvalue weighted by Gasteiger charge is 2.16. The Morgan fingerprint density at radius 3 is 2.46 bits per heavy atom. The second-order valence-electron chi connectivity index (χ2n) is 3.59. The number of unbranched alkanes of at least 4 members (excludes halogenated alkanes) is 1. The standard InChI is InChI=1S/C11H22O2/c1-5-7-8-10(12)11(6-2)13-9(3)4/h6,9-12H,2,5,7-8H2,1,3-4H3. The molecule has 2 nitrogen and oxygen atoms in total. The molecule has 0 fully saturated rings. The summed E-state index contributed by atoms with van der Waals surface area (Å²) < 4.78 is 5.49.